The first kappa shape index (κ1) is 12.9. The molecule has 0 saturated heterocycles. The lowest BCUT2D eigenvalue weighted by Crippen LogP contribution is -2.32. The quantitative estimate of drug-likeness (QED) is 0.536. The van der Waals surface area contributed by atoms with Gasteiger partial charge in [-0.1, -0.05) is 6.92 Å². The summed E-state index contributed by atoms with van der Waals surface area (Å²) in [4.78, 5) is 5.15. The molecule has 0 bridgehead atoms. The maximum absolute atomic E-state index is 11.0. The third kappa shape index (κ3) is 8.21. The van der Waals surface area contributed by atoms with Crippen molar-refractivity contribution in [2.45, 2.75) is 33.3 Å². The van der Waals surface area contributed by atoms with Crippen molar-refractivity contribution >= 4 is 9.84 Å². The maximum Gasteiger partial charge on any atom is 0.151 e. The van der Waals surface area contributed by atoms with Crippen LogP contribution in [0.25, 0.3) is 0 Å². The lowest BCUT2D eigenvalue weighted by atomic mass is 10.2. The van der Waals surface area contributed by atoms with Crippen LogP contribution in [0.1, 0.15) is 27.7 Å². The van der Waals surface area contributed by atoms with Crippen molar-refractivity contribution in [2.24, 2.45) is 0 Å². The zero-order chi connectivity index (χ0) is 10.5. The summed E-state index contributed by atoms with van der Waals surface area (Å²) in [6.45, 7) is 7.67. The normalized spacial score (nSPS) is 13.2. The molecular formula is C8H19NO3S. The summed E-state index contributed by atoms with van der Waals surface area (Å²) in [5.41, 5.74) is 2.35. The average molecular weight is 209 g/mol. The van der Waals surface area contributed by atoms with Gasteiger partial charge in [0.1, 0.15) is 0 Å². The Balaban J connectivity index is 3.59. The second kappa shape index (κ2) is 4.93. The Hall–Kier alpha value is -0.130. The van der Waals surface area contributed by atoms with Crippen LogP contribution in [0.5, 0.6) is 0 Å². The number of hydroxylamine groups is 1. The summed E-state index contributed by atoms with van der Waals surface area (Å²) in [6.07, 6.45) is 0. The summed E-state index contributed by atoms with van der Waals surface area (Å²) < 4.78 is 22.1. The van der Waals surface area contributed by atoms with Crippen LogP contribution in [0.4, 0.5) is 0 Å². The number of rotatable bonds is 5. The maximum atomic E-state index is 11.0. The summed E-state index contributed by atoms with van der Waals surface area (Å²) in [5, 5.41) is 0. The first-order valence-electron chi connectivity index (χ1n) is 4.38. The fourth-order valence-corrected chi connectivity index (χ4v) is 1.29. The zero-order valence-corrected chi connectivity index (χ0v) is 9.57. The number of sulfone groups is 1. The van der Waals surface area contributed by atoms with E-state index in [0.29, 0.717) is 6.54 Å². The van der Waals surface area contributed by atoms with Gasteiger partial charge in [0.05, 0.1) is 11.4 Å². The summed E-state index contributed by atoms with van der Waals surface area (Å²) in [7, 11) is -2.88. The molecule has 0 aliphatic heterocycles. The van der Waals surface area contributed by atoms with Crippen molar-refractivity contribution in [2.75, 3.05) is 18.1 Å². The highest BCUT2D eigenvalue weighted by Gasteiger charge is 2.11. The third-order valence-electron chi connectivity index (χ3n) is 1.33. The van der Waals surface area contributed by atoms with Gasteiger partial charge in [0.15, 0.2) is 9.84 Å². The third-order valence-corrected chi connectivity index (χ3v) is 3.04. The van der Waals surface area contributed by atoms with Crippen molar-refractivity contribution in [1.29, 1.82) is 0 Å². The molecular weight excluding hydrogens is 190 g/mol. The van der Waals surface area contributed by atoms with E-state index in [4.69, 9.17) is 4.84 Å². The summed E-state index contributed by atoms with van der Waals surface area (Å²) in [5.74, 6) is 0.309. The largest absolute Gasteiger partial charge is 0.296 e. The van der Waals surface area contributed by atoms with Gasteiger partial charge in [0.2, 0.25) is 0 Å². The molecule has 0 saturated carbocycles. The highest BCUT2D eigenvalue weighted by Crippen LogP contribution is 2.03. The van der Waals surface area contributed by atoms with Gasteiger partial charge >= 0.3 is 0 Å². The zero-order valence-electron chi connectivity index (χ0n) is 8.75. The van der Waals surface area contributed by atoms with Gasteiger partial charge in [-0.2, -0.15) is 0 Å². The van der Waals surface area contributed by atoms with Crippen LogP contribution in [0.3, 0.4) is 0 Å². The molecule has 0 aromatic carbocycles. The Kier molecular flexibility index (Phi) is 4.88. The molecule has 80 valence electrons. The van der Waals surface area contributed by atoms with Crippen LogP contribution in [0.2, 0.25) is 0 Å². The predicted octanol–water partition coefficient (Wildman–Crippen LogP) is 0.741. The van der Waals surface area contributed by atoms with Gasteiger partial charge in [0.25, 0.3) is 0 Å². The molecule has 0 aliphatic rings. The Labute approximate surface area is 80.5 Å². The lowest BCUT2D eigenvalue weighted by molar-refractivity contribution is -0.0699. The molecule has 0 atom stereocenters. The van der Waals surface area contributed by atoms with Crippen LogP contribution >= 0.6 is 0 Å². The van der Waals surface area contributed by atoms with Gasteiger partial charge in [-0.25, -0.2) is 13.9 Å². The molecule has 0 fully saturated rings. The van der Waals surface area contributed by atoms with Gasteiger partial charge in [-0.15, -0.1) is 0 Å². The van der Waals surface area contributed by atoms with Crippen molar-refractivity contribution in [1.82, 2.24) is 5.48 Å². The van der Waals surface area contributed by atoms with Crippen molar-refractivity contribution in [3.8, 4) is 0 Å². The minimum atomic E-state index is -2.88. The van der Waals surface area contributed by atoms with Crippen LogP contribution < -0.4 is 5.48 Å². The van der Waals surface area contributed by atoms with E-state index in [1.807, 2.05) is 20.8 Å². The molecule has 13 heavy (non-hydrogen) atoms. The lowest BCUT2D eigenvalue weighted by Gasteiger charge is -2.19. The topological polar surface area (TPSA) is 55.4 Å². The average Bonchev–Trinajstić information content (AvgIpc) is 1.97. The van der Waals surface area contributed by atoms with Crippen molar-refractivity contribution in [3.63, 3.8) is 0 Å². The minimum Gasteiger partial charge on any atom is -0.296 e. The SMILES string of the molecule is CCS(=O)(=O)CCNOC(C)(C)C. The highest BCUT2D eigenvalue weighted by atomic mass is 32.2. The van der Waals surface area contributed by atoms with Crippen molar-refractivity contribution < 1.29 is 13.3 Å². The molecule has 4 nitrogen and oxygen atoms in total. The molecule has 0 rings (SSSR count). The molecule has 0 amide bonds. The van der Waals surface area contributed by atoms with Gasteiger partial charge in [-0.05, 0) is 20.8 Å². The minimum absolute atomic E-state index is 0.125. The molecule has 1 N–H and O–H groups in total. The molecule has 0 radical (unpaired) electrons. The first-order chi connectivity index (χ1) is 5.77. The predicted molar refractivity (Wildman–Crippen MR) is 53.2 cm³/mol. The van der Waals surface area contributed by atoms with E-state index in [1.165, 1.54) is 0 Å². The first-order valence-corrected chi connectivity index (χ1v) is 6.20. The molecule has 0 unspecified atom stereocenters. The molecule has 0 aromatic rings. The van der Waals surface area contributed by atoms with E-state index < -0.39 is 9.84 Å². The summed E-state index contributed by atoms with van der Waals surface area (Å²) >= 11 is 0. The number of hydrogen-bond acceptors (Lipinski definition) is 4. The van der Waals surface area contributed by atoms with Gasteiger partial charge in [-0.3, -0.25) is 4.84 Å². The van der Waals surface area contributed by atoms with E-state index in [-0.39, 0.29) is 17.1 Å². The standard InChI is InChI=1S/C8H19NO3S/c1-5-13(10,11)7-6-9-12-8(2,3)4/h9H,5-7H2,1-4H3. The van der Waals surface area contributed by atoms with Crippen molar-refractivity contribution in [3.05, 3.63) is 0 Å². The molecule has 0 aromatic heterocycles. The Morgan fingerprint density at radius 2 is 1.85 bits per heavy atom. The second-order valence-electron chi connectivity index (χ2n) is 3.85. The fraction of sp³-hybridized carbons (Fsp3) is 1.00. The Morgan fingerprint density at radius 3 is 2.23 bits per heavy atom. The fourth-order valence-electron chi connectivity index (χ4n) is 0.609. The highest BCUT2D eigenvalue weighted by molar-refractivity contribution is 7.91. The van der Waals surface area contributed by atoms with Crippen LogP contribution in [0.15, 0.2) is 0 Å². The van der Waals surface area contributed by atoms with Crippen LogP contribution in [-0.4, -0.2) is 32.1 Å². The Morgan fingerprint density at radius 1 is 1.31 bits per heavy atom. The van der Waals surface area contributed by atoms with Crippen LogP contribution in [0, 0.1) is 0 Å². The van der Waals surface area contributed by atoms with Crippen LogP contribution in [-0.2, 0) is 14.7 Å². The van der Waals surface area contributed by atoms with E-state index in [0.717, 1.165) is 0 Å². The molecule has 5 heteroatoms. The second-order valence-corrected chi connectivity index (χ2v) is 6.32. The van der Waals surface area contributed by atoms with E-state index in [1.54, 1.807) is 6.92 Å². The van der Waals surface area contributed by atoms with E-state index in [2.05, 4.69) is 5.48 Å². The van der Waals surface area contributed by atoms with E-state index in [9.17, 15) is 8.42 Å². The number of hydrogen-bond donors (Lipinski definition) is 1. The number of nitrogens with one attached hydrogen (secondary N) is 1. The van der Waals surface area contributed by atoms with E-state index >= 15 is 0 Å². The Bertz CT molecular complexity index is 228. The molecule has 0 aliphatic carbocycles. The summed E-state index contributed by atoms with van der Waals surface area (Å²) in [6, 6.07) is 0. The van der Waals surface area contributed by atoms with Gasteiger partial charge < -0.3 is 0 Å². The molecule has 0 heterocycles. The smallest absolute Gasteiger partial charge is 0.151 e. The molecule has 0 spiro atoms. The monoisotopic (exact) mass is 209 g/mol. The van der Waals surface area contributed by atoms with Gasteiger partial charge in [0, 0.05) is 12.3 Å².